The van der Waals surface area contributed by atoms with Crippen molar-refractivity contribution in [2.75, 3.05) is 22.2 Å². The van der Waals surface area contributed by atoms with E-state index in [-0.39, 0.29) is 15.7 Å². The van der Waals surface area contributed by atoms with Crippen LogP contribution in [0.1, 0.15) is 16.1 Å². The molecule has 0 bridgehead atoms. The maximum atomic E-state index is 12.5. The molecule has 0 aliphatic carbocycles. The van der Waals surface area contributed by atoms with E-state index in [1.54, 1.807) is 18.2 Å². The number of amides is 3. The average Bonchev–Trinajstić information content (AvgIpc) is 3.34. The molecule has 9 nitrogen and oxygen atoms in total. The van der Waals surface area contributed by atoms with Crippen LogP contribution in [-0.4, -0.2) is 36.6 Å². The van der Waals surface area contributed by atoms with Crippen LogP contribution in [0, 0.1) is 6.92 Å². The minimum atomic E-state index is -3.34. The third-order valence-electron chi connectivity index (χ3n) is 4.28. The summed E-state index contributed by atoms with van der Waals surface area (Å²) in [6.07, 6.45) is 1.13. The van der Waals surface area contributed by atoms with Gasteiger partial charge in [0.2, 0.25) is 0 Å². The van der Waals surface area contributed by atoms with Gasteiger partial charge >= 0.3 is 6.03 Å². The molecule has 2 aromatic carbocycles. The van der Waals surface area contributed by atoms with Crippen molar-refractivity contribution in [3.63, 3.8) is 0 Å². The number of sulfone groups is 1. The topological polar surface area (TPSA) is 130 Å². The van der Waals surface area contributed by atoms with Crippen molar-refractivity contribution in [3.8, 4) is 0 Å². The van der Waals surface area contributed by atoms with Gasteiger partial charge < -0.3 is 5.32 Å². The summed E-state index contributed by atoms with van der Waals surface area (Å²) in [6.45, 7) is 1.95. The van der Waals surface area contributed by atoms with Crippen molar-refractivity contribution in [2.24, 2.45) is 0 Å². The van der Waals surface area contributed by atoms with Crippen molar-refractivity contribution in [2.45, 2.75) is 11.8 Å². The number of rotatable bonds is 5. The Balaban J connectivity index is 1.41. The first-order chi connectivity index (χ1) is 15.2. The minimum absolute atomic E-state index is 0.122. The lowest BCUT2D eigenvalue weighted by Crippen LogP contribution is -2.19. The zero-order valence-electron chi connectivity index (χ0n) is 16.9. The van der Waals surface area contributed by atoms with E-state index in [1.165, 1.54) is 17.5 Å². The first kappa shape index (κ1) is 21.9. The van der Waals surface area contributed by atoms with Gasteiger partial charge in [0, 0.05) is 17.3 Å². The summed E-state index contributed by atoms with van der Waals surface area (Å²) >= 11 is 2.27. The number of nitrogens with one attached hydrogen (secondary N) is 3. The maximum absolute atomic E-state index is 12.5. The fourth-order valence-electron chi connectivity index (χ4n) is 2.68. The van der Waals surface area contributed by atoms with Crippen molar-refractivity contribution in [1.82, 2.24) is 9.97 Å². The summed E-state index contributed by atoms with van der Waals surface area (Å²) in [5, 5.41) is 10.0. The fourth-order valence-corrected chi connectivity index (χ4v) is 4.99. The Morgan fingerprint density at radius 3 is 2.41 bits per heavy atom. The van der Waals surface area contributed by atoms with Gasteiger partial charge in [-0.15, -0.1) is 11.3 Å². The lowest BCUT2D eigenvalue weighted by atomic mass is 10.2. The number of hydrogen-bond donors (Lipinski definition) is 3. The molecule has 0 aliphatic rings. The van der Waals surface area contributed by atoms with Gasteiger partial charge in [-0.2, -0.15) is 0 Å². The molecule has 164 valence electrons. The number of carbonyl (C=O) groups excluding carboxylic acids is 2. The highest BCUT2D eigenvalue weighted by Gasteiger charge is 2.16. The van der Waals surface area contributed by atoms with E-state index >= 15 is 0 Å². The van der Waals surface area contributed by atoms with Crippen molar-refractivity contribution in [1.29, 1.82) is 0 Å². The normalized spacial score (nSPS) is 11.3. The van der Waals surface area contributed by atoms with Crippen LogP contribution >= 0.6 is 22.7 Å². The molecule has 0 atom stereocenters. The number of fused-ring (bicyclic) bond motifs is 1. The lowest BCUT2D eigenvalue weighted by Gasteiger charge is -2.05. The number of thiazole rings is 2. The zero-order valence-corrected chi connectivity index (χ0v) is 19.3. The Bertz CT molecular complexity index is 1430. The Labute approximate surface area is 191 Å². The van der Waals surface area contributed by atoms with Gasteiger partial charge in [0.05, 0.1) is 15.1 Å². The molecule has 0 fully saturated rings. The number of nitrogens with zero attached hydrogens (tertiary/aromatic N) is 2. The summed E-state index contributed by atoms with van der Waals surface area (Å²) in [7, 11) is -3.34. The highest BCUT2D eigenvalue weighted by Crippen LogP contribution is 2.28. The van der Waals surface area contributed by atoms with Crippen LogP contribution in [-0.2, 0) is 9.84 Å². The molecule has 0 saturated carbocycles. The van der Waals surface area contributed by atoms with Crippen molar-refractivity contribution >= 4 is 70.6 Å². The smallest absolute Gasteiger partial charge is 0.308 e. The van der Waals surface area contributed by atoms with E-state index in [9.17, 15) is 18.0 Å². The highest BCUT2D eigenvalue weighted by molar-refractivity contribution is 7.90. The molecule has 0 saturated heterocycles. The van der Waals surface area contributed by atoms with Gasteiger partial charge in [0.25, 0.3) is 5.91 Å². The van der Waals surface area contributed by atoms with Gasteiger partial charge in [0.1, 0.15) is 5.69 Å². The van der Waals surface area contributed by atoms with E-state index in [0.29, 0.717) is 21.0 Å². The quantitative estimate of drug-likeness (QED) is 0.383. The van der Waals surface area contributed by atoms with Crippen molar-refractivity contribution in [3.05, 3.63) is 59.1 Å². The Morgan fingerprint density at radius 2 is 1.69 bits per heavy atom. The molecule has 0 radical (unpaired) electrons. The Kier molecular flexibility index (Phi) is 5.91. The second kappa shape index (κ2) is 8.65. The molecule has 2 heterocycles. The van der Waals surface area contributed by atoms with E-state index in [2.05, 4.69) is 25.9 Å². The fraction of sp³-hybridized carbons (Fsp3) is 0.100. The van der Waals surface area contributed by atoms with Gasteiger partial charge in [-0.25, -0.2) is 23.2 Å². The average molecular weight is 488 g/mol. The molecule has 4 aromatic rings. The minimum Gasteiger partial charge on any atom is -0.308 e. The molecule has 0 aliphatic heterocycles. The molecule has 3 N–H and O–H groups in total. The van der Waals surface area contributed by atoms with Crippen LogP contribution in [0.3, 0.4) is 0 Å². The van der Waals surface area contributed by atoms with Crippen LogP contribution in [0.2, 0.25) is 0 Å². The Morgan fingerprint density at radius 1 is 0.938 bits per heavy atom. The van der Waals surface area contributed by atoms with Crippen LogP contribution in [0.25, 0.3) is 10.2 Å². The number of benzene rings is 2. The number of aryl methyl sites for hydroxylation is 1. The molecule has 2 aromatic heterocycles. The molecule has 32 heavy (non-hydrogen) atoms. The predicted molar refractivity (Wildman–Crippen MR) is 127 cm³/mol. The molecule has 12 heteroatoms. The van der Waals surface area contributed by atoms with Crippen LogP contribution in [0.15, 0.2) is 52.7 Å². The van der Waals surface area contributed by atoms with Crippen LogP contribution < -0.4 is 16.0 Å². The SMILES string of the molecule is Cc1ccc(NC(=O)Nc2nc(C(=O)Nc3nc4ccc(S(C)(=O)=O)cc4s3)cs2)cc1. The van der Waals surface area contributed by atoms with Crippen LogP contribution in [0.5, 0.6) is 0 Å². The second-order valence-corrected chi connectivity index (χ2v) is 10.8. The summed E-state index contributed by atoms with van der Waals surface area (Å²) in [6, 6.07) is 11.5. The number of urea groups is 1. The largest absolute Gasteiger partial charge is 0.325 e. The van der Waals surface area contributed by atoms with Gasteiger partial charge in [-0.05, 0) is 37.3 Å². The molecule has 0 unspecified atom stereocenters. The molecule has 3 amide bonds. The first-order valence-corrected chi connectivity index (χ1v) is 12.8. The number of anilines is 3. The Hall–Kier alpha value is -3.35. The summed E-state index contributed by atoms with van der Waals surface area (Å²) in [5.41, 5.74) is 2.41. The second-order valence-electron chi connectivity index (χ2n) is 6.86. The van der Waals surface area contributed by atoms with E-state index in [0.717, 1.165) is 34.5 Å². The molecular weight excluding hydrogens is 470 g/mol. The zero-order chi connectivity index (χ0) is 22.9. The van der Waals surface area contributed by atoms with Crippen molar-refractivity contribution < 1.29 is 18.0 Å². The van der Waals surface area contributed by atoms with E-state index < -0.39 is 21.8 Å². The molecule has 0 spiro atoms. The van der Waals surface area contributed by atoms with Crippen LogP contribution in [0.4, 0.5) is 20.7 Å². The van der Waals surface area contributed by atoms with Gasteiger partial charge in [-0.3, -0.25) is 15.4 Å². The molecule has 4 rings (SSSR count). The summed E-state index contributed by atoms with van der Waals surface area (Å²) in [4.78, 5) is 33.3. The standard InChI is InChI=1S/C20H17N5O4S3/c1-11-3-5-12(6-4-11)21-18(27)25-19-23-15(10-30-19)17(26)24-20-22-14-8-7-13(32(2,28)29)9-16(14)31-20/h3-10H,1-2H3,(H,22,24,26)(H2,21,23,25,27). The monoisotopic (exact) mass is 487 g/mol. The molecular formula is C20H17N5O4S3. The summed E-state index contributed by atoms with van der Waals surface area (Å²) in [5.74, 6) is -0.490. The van der Waals surface area contributed by atoms with Gasteiger partial charge in [-0.1, -0.05) is 29.0 Å². The van der Waals surface area contributed by atoms with E-state index in [4.69, 9.17) is 0 Å². The number of hydrogen-bond acceptors (Lipinski definition) is 8. The maximum Gasteiger partial charge on any atom is 0.325 e. The van der Waals surface area contributed by atoms with E-state index in [1.807, 2.05) is 19.1 Å². The number of aromatic nitrogens is 2. The predicted octanol–water partition coefficient (Wildman–Crippen LogP) is 4.36. The lowest BCUT2D eigenvalue weighted by molar-refractivity contribution is 0.102. The van der Waals surface area contributed by atoms with Gasteiger partial charge in [0.15, 0.2) is 20.1 Å². The third-order valence-corrected chi connectivity index (χ3v) is 7.08. The first-order valence-electron chi connectivity index (χ1n) is 9.19. The third kappa shape index (κ3) is 5.10. The summed E-state index contributed by atoms with van der Waals surface area (Å²) < 4.78 is 24.1. The highest BCUT2D eigenvalue weighted by atomic mass is 32.2. The number of carbonyl (C=O) groups is 2.